The molecule has 0 aromatic carbocycles. The quantitative estimate of drug-likeness (QED) is 0.231. The molecule has 0 N–H and O–H groups in total. The summed E-state index contributed by atoms with van der Waals surface area (Å²) in [6.07, 6.45) is 16.4. The van der Waals surface area contributed by atoms with E-state index in [4.69, 9.17) is 0 Å². The van der Waals surface area contributed by atoms with Crippen molar-refractivity contribution in [3.8, 4) is 0 Å². The molecule has 190 valence electrons. The summed E-state index contributed by atoms with van der Waals surface area (Å²) in [4.78, 5) is 7.54. The summed E-state index contributed by atoms with van der Waals surface area (Å²) < 4.78 is 44.7. The average molecular weight is 493 g/mol. The monoisotopic (exact) mass is 492 g/mol. The van der Waals surface area contributed by atoms with E-state index >= 15 is 4.39 Å². The fourth-order valence-electron chi connectivity index (χ4n) is 4.32. The number of aryl methyl sites for hydroxylation is 1. The Morgan fingerprint density at radius 1 is 0.889 bits per heavy atom. The molecule has 0 amide bonds. The van der Waals surface area contributed by atoms with Gasteiger partial charge in [0.2, 0.25) is 17.8 Å². The van der Waals surface area contributed by atoms with Gasteiger partial charge in [0.05, 0.1) is 0 Å². The van der Waals surface area contributed by atoms with E-state index in [1.165, 1.54) is 12.1 Å². The Morgan fingerprint density at radius 3 is 2.03 bits per heavy atom. The number of halogens is 3. The van der Waals surface area contributed by atoms with Crippen LogP contribution in [0.3, 0.4) is 0 Å². The van der Waals surface area contributed by atoms with Gasteiger partial charge in [-0.3, -0.25) is 0 Å². The largest absolute Gasteiger partial charge is 0.224 e. The van der Waals surface area contributed by atoms with E-state index in [1.54, 1.807) is 43.4 Å². The van der Waals surface area contributed by atoms with E-state index in [0.29, 0.717) is 28.8 Å². The lowest BCUT2D eigenvalue weighted by Gasteiger charge is -2.32. The summed E-state index contributed by atoms with van der Waals surface area (Å²) in [7, 11) is 0. The van der Waals surface area contributed by atoms with Crippen molar-refractivity contribution in [1.29, 1.82) is 0 Å². The highest BCUT2D eigenvalue weighted by molar-refractivity contribution is 5.75. The van der Waals surface area contributed by atoms with Crippen LogP contribution in [0.5, 0.6) is 0 Å². The van der Waals surface area contributed by atoms with Gasteiger partial charge in [-0.25, -0.2) is 4.98 Å². The SMILES string of the molecule is C=C/C=C\C=C(/C)c1c(C(C)(C)c2cc(F)nc(F)c2/C(=C/C=C\C=C)CCCC)cc(F)nc1C. The molecular weight excluding hydrogens is 457 g/mol. The third kappa shape index (κ3) is 6.81. The van der Waals surface area contributed by atoms with Crippen molar-refractivity contribution < 1.29 is 13.2 Å². The van der Waals surface area contributed by atoms with Gasteiger partial charge in [0.25, 0.3) is 0 Å². The van der Waals surface area contributed by atoms with E-state index < -0.39 is 23.3 Å². The summed E-state index contributed by atoms with van der Waals surface area (Å²) in [6, 6.07) is 2.60. The van der Waals surface area contributed by atoms with Crippen molar-refractivity contribution in [2.24, 2.45) is 0 Å². The van der Waals surface area contributed by atoms with Crippen molar-refractivity contribution in [2.75, 3.05) is 0 Å². The summed E-state index contributed by atoms with van der Waals surface area (Å²) in [5, 5.41) is 0. The van der Waals surface area contributed by atoms with E-state index in [-0.39, 0.29) is 5.56 Å². The minimum absolute atomic E-state index is 0.234. The molecule has 0 aliphatic rings. The second-order valence-corrected chi connectivity index (χ2v) is 9.12. The van der Waals surface area contributed by atoms with Gasteiger partial charge in [-0.15, -0.1) is 0 Å². The van der Waals surface area contributed by atoms with Crippen molar-refractivity contribution in [3.05, 3.63) is 120 Å². The van der Waals surface area contributed by atoms with Crippen molar-refractivity contribution in [2.45, 2.75) is 59.3 Å². The van der Waals surface area contributed by atoms with Crippen molar-refractivity contribution >= 4 is 11.1 Å². The summed E-state index contributed by atoms with van der Waals surface area (Å²) >= 11 is 0. The lowest BCUT2D eigenvalue weighted by Crippen LogP contribution is -2.25. The minimum Gasteiger partial charge on any atom is -0.224 e. The Morgan fingerprint density at radius 2 is 1.44 bits per heavy atom. The molecule has 2 nitrogen and oxygen atoms in total. The number of aromatic nitrogens is 2. The van der Waals surface area contributed by atoms with Crippen LogP contribution in [0.1, 0.15) is 74.9 Å². The first-order chi connectivity index (χ1) is 17.1. The standard InChI is InChI=1S/C31H35F3N2/c1-8-11-14-16-21(4)28-22(5)35-26(32)19-24(28)31(6,7)25-20-27(33)36-30(34)29(25)23(17-13-10-3)18-15-12-9-2/h8-9,11-12,14-16,18-20H,1-2,10,13,17H2,3-7H3/b14-11-,15-12-,21-16+,23-18+. The van der Waals surface area contributed by atoms with Crippen LogP contribution in [0, 0.1) is 24.8 Å². The summed E-state index contributed by atoms with van der Waals surface area (Å²) in [5.74, 6) is -2.47. The Labute approximate surface area is 213 Å². The lowest BCUT2D eigenvalue weighted by molar-refractivity contribution is 0.494. The van der Waals surface area contributed by atoms with Gasteiger partial charge in [0, 0.05) is 22.2 Å². The minimum atomic E-state index is -0.992. The number of unbranched alkanes of at least 4 members (excludes halogenated alkanes) is 1. The molecule has 0 saturated carbocycles. The number of hydrogen-bond acceptors (Lipinski definition) is 2. The van der Waals surface area contributed by atoms with Crippen LogP contribution in [0.4, 0.5) is 13.2 Å². The molecule has 0 atom stereocenters. The van der Waals surface area contributed by atoms with E-state index in [0.717, 1.165) is 24.0 Å². The van der Waals surface area contributed by atoms with Gasteiger partial charge >= 0.3 is 0 Å². The highest BCUT2D eigenvalue weighted by Crippen LogP contribution is 2.42. The molecule has 0 unspecified atom stereocenters. The number of allylic oxidation sites excluding steroid dienone is 10. The fraction of sp³-hybridized carbons (Fsp3) is 0.290. The zero-order valence-electron chi connectivity index (χ0n) is 21.8. The normalized spacial score (nSPS) is 13.1. The van der Waals surface area contributed by atoms with Crippen molar-refractivity contribution in [3.63, 3.8) is 0 Å². The Balaban J connectivity index is 2.91. The van der Waals surface area contributed by atoms with Crippen LogP contribution in [0.2, 0.25) is 0 Å². The predicted octanol–water partition coefficient (Wildman–Crippen LogP) is 8.99. The summed E-state index contributed by atoms with van der Waals surface area (Å²) in [6.45, 7) is 16.7. The Kier molecular flexibility index (Phi) is 10.4. The molecule has 0 radical (unpaired) electrons. The van der Waals surface area contributed by atoms with Crippen LogP contribution in [0.25, 0.3) is 11.1 Å². The molecule has 2 aromatic rings. The van der Waals surface area contributed by atoms with Gasteiger partial charge in [0.1, 0.15) is 0 Å². The smallest absolute Gasteiger partial charge is 0.223 e. The maximum absolute atomic E-state index is 15.4. The molecule has 0 fully saturated rings. The zero-order chi connectivity index (χ0) is 26.9. The number of rotatable bonds is 11. The first-order valence-corrected chi connectivity index (χ1v) is 12.1. The predicted molar refractivity (Wildman–Crippen MR) is 145 cm³/mol. The second-order valence-electron chi connectivity index (χ2n) is 9.12. The molecule has 0 saturated heterocycles. The zero-order valence-corrected chi connectivity index (χ0v) is 21.8. The maximum Gasteiger partial charge on any atom is 0.223 e. The highest BCUT2D eigenvalue weighted by Gasteiger charge is 2.33. The second kappa shape index (κ2) is 13.0. The lowest BCUT2D eigenvalue weighted by atomic mass is 9.72. The van der Waals surface area contributed by atoms with Gasteiger partial charge in [-0.1, -0.05) is 89.0 Å². The molecule has 0 aliphatic heterocycles. The number of nitrogens with zero attached hydrogens (tertiary/aromatic N) is 2. The highest BCUT2D eigenvalue weighted by atomic mass is 19.1. The van der Waals surface area contributed by atoms with Crippen LogP contribution < -0.4 is 0 Å². The summed E-state index contributed by atoms with van der Waals surface area (Å²) in [5.41, 5.74) is 2.96. The molecule has 2 heterocycles. The Hall–Kier alpha value is -3.47. The number of hydrogen-bond donors (Lipinski definition) is 0. The van der Waals surface area contributed by atoms with Crippen LogP contribution in [0.15, 0.2) is 73.9 Å². The van der Waals surface area contributed by atoms with Crippen molar-refractivity contribution in [1.82, 2.24) is 9.97 Å². The maximum atomic E-state index is 15.4. The topological polar surface area (TPSA) is 25.8 Å². The van der Waals surface area contributed by atoms with Crippen LogP contribution in [-0.4, -0.2) is 9.97 Å². The average Bonchev–Trinajstić information content (AvgIpc) is 2.80. The molecular formula is C31H35F3N2. The third-order valence-electron chi connectivity index (χ3n) is 6.11. The van der Waals surface area contributed by atoms with Crippen LogP contribution in [-0.2, 0) is 5.41 Å². The fourth-order valence-corrected chi connectivity index (χ4v) is 4.32. The Bertz CT molecular complexity index is 1230. The molecule has 0 spiro atoms. The molecule has 5 heteroatoms. The third-order valence-corrected chi connectivity index (χ3v) is 6.11. The van der Waals surface area contributed by atoms with Crippen LogP contribution >= 0.6 is 0 Å². The first kappa shape index (κ1) is 28.8. The number of pyridine rings is 2. The van der Waals surface area contributed by atoms with Gasteiger partial charge in [-0.05, 0) is 61.1 Å². The van der Waals surface area contributed by atoms with Gasteiger partial charge in [0.15, 0.2) is 0 Å². The van der Waals surface area contributed by atoms with E-state index in [2.05, 4.69) is 23.1 Å². The molecule has 0 bridgehead atoms. The first-order valence-electron chi connectivity index (χ1n) is 12.1. The van der Waals surface area contributed by atoms with Gasteiger partial charge in [-0.2, -0.15) is 18.2 Å². The molecule has 0 aliphatic carbocycles. The van der Waals surface area contributed by atoms with E-state index in [9.17, 15) is 8.78 Å². The molecule has 36 heavy (non-hydrogen) atoms. The van der Waals surface area contributed by atoms with Gasteiger partial charge < -0.3 is 0 Å². The molecule has 2 rings (SSSR count). The van der Waals surface area contributed by atoms with E-state index in [1.807, 2.05) is 39.8 Å². The molecule has 2 aromatic heterocycles.